The first-order chi connectivity index (χ1) is 13.3. The Kier molecular flexibility index (Phi) is 7.40. The largest absolute Gasteiger partial charge is 0.483 e. The first kappa shape index (κ1) is 21.2. The number of halogens is 1. The van der Waals surface area contributed by atoms with Crippen LogP contribution in [0.5, 0.6) is 5.75 Å². The molecule has 0 saturated carbocycles. The van der Waals surface area contributed by atoms with E-state index in [1.165, 1.54) is 18.2 Å². The Bertz CT molecular complexity index is 864. The maximum Gasteiger partial charge on any atom is 0.262 e. The summed E-state index contributed by atoms with van der Waals surface area (Å²) in [6, 6.07) is 11.0. The summed E-state index contributed by atoms with van der Waals surface area (Å²) in [7, 11) is 0. The molecule has 7 nitrogen and oxygen atoms in total. The minimum atomic E-state index is -0.702. The number of rotatable bonds is 8. The molecule has 2 rings (SSSR count). The lowest BCUT2D eigenvalue weighted by molar-refractivity contribution is -0.118. The number of benzene rings is 2. The number of anilines is 1. The standard InChI is InChI=1S/C20H22ClN3O4/c1-3-24(4-2)20(27)13-5-8-15(9-6-13)23-18(25)12-28-17-10-7-14(21)11-16(17)19(22)26/h5-11H,3-4,12H2,1-2H3,(H2,22,26)(H,23,25). The van der Waals surface area contributed by atoms with Crippen LogP contribution >= 0.6 is 11.6 Å². The monoisotopic (exact) mass is 403 g/mol. The molecule has 2 aromatic rings. The van der Waals surface area contributed by atoms with E-state index in [0.29, 0.717) is 29.4 Å². The predicted molar refractivity (Wildman–Crippen MR) is 108 cm³/mol. The van der Waals surface area contributed by atoms with Crippen LogP contribution in [0.15, 0.2) is 42.5 Å². The molecule has 3 N–H and O–H groups in total. The number of nitrogens with two attached hydrogens (primary N) is 1. The highest BCUT2D eigenvalue weighted by atomic mass is 35.5. The van der Waals surface area contributed by atoms with E-state index in [0.717, 1.165) is 0 Å². The summed E-state index contributed by atoms with van der Waals surface area (Å²) >= 11 is 5.83. The fourth-order valence-electron chi connectivity index (χ4n) is 2.55. The molecular weight excluding hydrogens is 382 g/mol. The number of carbonyl (C=O) groups excluding carboxylic acids is 3. The van der Waals surface area contributed by atoms with Gasteiger partial charge in [0.25, 0.3) is 17.7 Å². The lowest BCUT2D eigenvalue weighted by Crippen LogP contribution is -2.30. The third kappa shape index (κ3) is 5.47. The Morgan fingerprint density at radius 3 is 2.29 bits per heavy atom. The highest BCUT2D eigenvalue weighted by Crippen LogP contribution is 2.22. The molecule has 8 heteroatoms. The minimum absolute atomic E-state index is 0.0621. The minimum Gasteiger partial charge on any atom is -0.483 e. The van der Waals surface area contributed by atoms with Gasteiger partial charge in [-0.05, 0) is 56.3 Å². The van der Waals surface area contributed by atoms with E-state index in [1.807, 2.05) is 13.8 Å². The van der Waals surface area contributed by atoms with Crippen LogP contribution in [0.2, 0.25) is 5.02 Å². The third-order valence-corrected chi connectivity index (χ3v) is 4.27. The lowest BCUT2D eigenvalue weighted by Gasteiger charge is -2.18. The molecule has 0 fully saturated rings. The zero-order valence-corrected chi connectivity index (χ0v) is 16.5. The SMILES string of the molecule is CCN(CC)C(=O)c1ccc(NC(=O)COc2ccc(Cl)cc2C(N)=O)cc1. The van der Waals surface area contributed by atoms with Crippen molar-refractivity contribution in [3.05, 3.63) is 58.6 Å². The van der Waals surface area contributed by atoms with Crippen molar-refractivity contribution < 1.29 is 19.1 Å². The second kappa shape index (κ2) is 9.75. The fraction of sp³-hybridized carbons (Fsp3) is 0.250. The summed E-state index contributed by atoms with van der Waals surface area (Å²) in [5.41, 5.74) is 6.45. The zero-order chi connectivity index (χ0) is 20.7. The van der Waals surface area contributed by atoms with E-state index >= 15 is 0 Å². The number of carbonyl (C=O) groups is 3. The number of hydrogen-bond donors (Lipinski definition) is 2. The van der Waals surface area contributed by atoms with Gasteiger partial charge in [0.05, 0.1) is 5.56 Å². The van der Waals surface area contributed by atoms with Gasteiger partial charge in [-0.25, -0.2) is 0 Å². The first-order valence-corrected chi connectivity index (χ1v) is 9.14. The molecule has 0 unspecified atom stereocenters. The Labute approximate surface area is 168 Å². The maximum atomic E-state index is 12.3. The lowest BCUT2D eigenvalue weighted by atomic mass is 10.1. The third-order valence-electron chi connectivity index (χ3n) is 4.03. The van der Waals surface area contributed by atoms with E-state index in [2.05, 4.69) is 5.32 Å². The van der Waals surface area contributed by atoms with Crippen molar-refractivity contribution in [1.29, 1.82) is 0 Å². The molecule has 0 heterocycles. The van der Waals surface area contributed by atoms with Gasteiger partial charge >= 0.3 is 0 Å². The average Bonchev–Trinajstić information content (AvgIpc) is 2.68. The summed E-state index contributed by atoms with van der Waals surface area (Å²) in [5, 5.41) is 3.00. The zero-order valence-electron chi connectivity index (χ0n) is 15.7. The Morgan fingerprint density at radius 2 is 1.71 bits per heavy atom. The van der Waals surface area contributed by atoms with E-state index in [-0.39, 0.29) is 23.8 Å². The van der Waals surface area contributed by atoms with Crippen LogP contribution in [0.25, 0.3) is 0 Å². The fourth-order valence-corrected chi connectivity index (χ4v) is 2.72. The van der Waals surface area contributed by atoms with Crippen LogP contribution in [0, 0.1) is 0 Å². The molecule has 0 spiro atoms. The molecule has 0 radical (unpaired) electrons. The highest BCUT2D eigenvalue weighted by molar-refractivity contribution is 6.31. The summed E-state index contributed by atoms with van der Waals surface area (Å²) in [6.07, 6.45) is 0. The molecule has 148 valence electrons. The molecule has 0 aromatic heterocycles. The van der Waals surface area contributed by atoms with Crippen LogP contribution in [0.4, 0.5) is 5.69 Å². The van der Waals surface area contributed by atoms with Gasteiger partial charge in [-0.3, -0.25) is 14.4 Å². The molecule has 0 aliphatic rings. The van der Waals surface area contributed by atoms with Gasteiger partial charge in [-0.2, -0.15) is 0 Å². The number of hydrogen-bond acceptors (Lipinski definition) is 4. The van der Waals surface area contributed by atoms with Crippen molar-refractivity contribution in [2.24, 2.45) is 5.73 Å². The molecule has 0 saturated heterocycles. The van der Waals surface area contributed by atoms with Gasteiger partial charge in [0.1, 0.15) is 5.75 Å². The summed E-state index contributed by atoms with van der Waals surface area (Å²) in [5.74, 6) is -1.01. The molecular formula is C20H22ClN3O4. The van der Waals surface area contributed by atoms with E-state index in [4.69, 9.17) is 22.1 Å². The Hall–Kier alpha value is -3.06. The second-order valence-electron chi connectivity index (χ2n) is 5.90. The van der Waals surface area contributed by atoms with Crippen LogP contribution in [-0.4, -0.2) is 42.3 Å². The van der Waals surface area contributed by atoms with Crippen molar-refractivity contribution >= 4 is 35.0 Å². The second-order valence-corrected chi connectivity index (χ2v) is 6.33. The Balaban J connectivity index is 1.97. The molecule has 0 bridgehead atoms. The van der Waals surface area contributed by atoms with Crippen molar-refractivity contribution in [3.63, 3.8) is 0 Å². The topological polar surface area (TPSA) is 102 Å². The summed E-state index contributed by atoms with van der Waals surface area (Å²) < 4.78 is 5.38. The van der Waals surface area contributed by atoms with Gasteiger partial charge in [0.15, 0.2) is 6.61 Å². The van der Waals surface area contributed by atoms with Gasteiger partial charge in [-0.1, -0.05) is 11.6 Å². The van der Waals surface area contributed by atoms with Gasteiger partial charge in [-0.15, -0.1) is 0 Å². The quantitative estimate of drug-likeness (QED) is 0.707. The number of amides is 3. The van der Waals surface area contributed by atoms with Crippen molar-refractivity contribution in [1.82, 2.24) is 4.90 Å². The van der Waals surface area contributed by atoms with Crippen LogP contribution in [-0.2, 0) is 4.79 Å². The van der Waals surface area contributed by atoms with Crippen molar-refractivity contribution in [2.45, 2.75) is 13.8 Å². The average molecular weight is 404 g/mol. The number of nitrogens with one attached hydrogen (secondary N) is 1. The highest BCUT2D eigenvalue weighted by Gasteiger charge is 2.14. The molecule has 0 aliphatic carbocycles. The van der Waals surface area contributed by atoms with Gasteiger partial charge < -0.3 is 20.7 Å². The Morgan fingerprint density at radius 1 is 1.07 bits per heavy atom. The number of nitrogens with zero attached hydrogens (tertiary/aromatic N) is 1. The van der Waals surface area contributed by atoms with Crippen LogP contribution < -0.4 is 15.8 Å². The first-order valence-electron chi connectivity index (χ1n) is 8.77. The maximum absolute atomic E-state index is 12.3. The van der Waals surface area contributed by atoms with E-state index in [1.54, 1.807) is 29.2 Å². The van der Waals surface area contributed by atoms with Crippen molar-refractivity contribution in [2.75, 3.05) is 25.0 Å². The molecule has 28 heavy (non-hydrogen) atoms. The predicted octanol–water partition coefficient (Wildman–Crippen LogP) is 2.94. The number of ether oxygens (including phenoxy) is 1. The summed E-state index contributed by atoms with van der Waals surface area (Å²) in [6.45, 7) is 4.77. The number of primary amides is 1. The van der Waals surface area contributed by atoms with E-state index < -0.39 is 11.8 Å². The summed E-state index contributed by atoms with van der Waals surface area (Å²) in [4.78, 5) is 37.5. The van der Waals surface area contributed by atoms with Crippen LogP contribution in [0.1, 0.15) is 34.6 Å². The normalized spacial score (nSPS) is 10.2. The van der Waals surface area contributed by atoms with Crippen LogP contribution in [0.3, 0.4) is 0 Å². The molecule has 3 amide bonds. The smallest absolute Gasteiger partial charge is 0.262 e. The van der Waals surface area contributed by atoms with Gasteiger partial charge in [0.2, 0.25) is 0 Å². The molecule has 0 aliphatic heterocycles. The van der Waals surface area contributed by atoms with Crippen molar-refractivity contribution in [3.8, 4) is 5.75 Å². The van der Waals surface area contributed by atoms with E-state index in [9.17, 15) is 14.4 Å². The van der Waals surface area contributed by atoms with Gasteiger partial charge in [0, 0.05) is 29.4 Å². The molecule has 0 atom stereocenters. The molecule has 2 aromatic carbocycles.